The van der Waals surface area contributed by atoms with E-state index < -0.39 is 49.2 Å². The second-order valence-electron chi connectivity index (χ2n) is 5.17. The Bertz CT molecular complexity index is 591. The van der Waals surface area contributed by atoms with Gasteiger partial charge in [-0.2, -0.15) is 0 Å². The van der Waals surface area contributed by atoms with Crippen molar-refractivity contribution in [2.24, 2.45) is 0 Å². The lowest BCUT2D eigenvalue weighted by Crippen LogP contribution is -2.30. The first-order valence-electron chi connectivity index (χ1n) is 8.09. The van der Waals surface area contributed by atoms with Crippen molar-refractivity contribution in [1.29, 1.82) is 0 Å². The second-order valence-corrected chi connectivity index (χ2v) is 5.17. The van der Waals surface area contributed by atoms with Gasteiger partial charge in [-0.1, -0.05) is 19.8 Å². The molecule has 0 bridgehead atoms. The van der Waals surface area contributed by atoms with E-state index in [0.717, 1.165) is 12.8 Å². The number of esters is 3. The van der Waals surface area contributed by atoms with Gasteiger partial charge in [-0.15, -0.1) is 0 Å². The van der Waals surface area contributed by atoms with E-state index in [1.54, 1.807) is 0 Å². The fraction of sp³-hybridized carbons (Fsp3) is 0.471. The van der Waals surface area contributed by atoms with Crippen LogP contribution in [-0.4, -0.2) is 59.4 Å². The Morgan fingerprint density at radius 3 is 1.93 bits per heavy atom. The highest BCUT2D eigenvalue weighted by atomic mass is 16.6. The number of rotatable bonds is 13. The Labute approximate surface area is 155 Å². The smallest absolute Gasteiger partial charge is 0.331 e. The van der Waals surface area contributed by atoms with Crippen molar-refractivity contribution in [3.05, 3.63) is 24.3 Å². The minimum absolute atomic E-state index is 0.175. The van der Waals surface area contributed by atoms with Crippen LogP contribution in [0.15, 0.2) is 24.3 Å². The van der Waals surface area contributed by atoms with E-state index in [4.69, 9.17) is 24.4 Å². The highest BCUT2D eigenvalue weighted by Gasteiger charge is 2.18. The zero-order valence-electron chi connectivity index (χ0n) is 14.8. The molecular weight excluding hydrogens is 364 g/mol. The Morgan fingerprint density at radius 2 is 1.37 bits per heavy atom. The molecule has 0 fully saturated rings. The zero-order chi connectivity index (χ0) is 20.7. The molecule has 10 heteroatoms. The molecule has 1 atom stereocenters. The van der Waals surface area contributed by atoms with Gasteiger partial charge in [0.15, 0.2) is 6.10 Å². The zero-order valence-corrected chi connectivity index (χ0v) is 14.8. The molecule has 0 aromatic heterocycles. The van der Waals surface area contributed by atoms with E-state index in [2.05, 4.69) is 0 Å². The monoisotopic (exact) mass is 386 g/mol. The largest absolute Gasteiger partial charge is 0.478 e. The van der Waals surface area contributed by atoms with Crippen LogP contribution in [0.25, 0.3) is 0 Å². The highest BCUT2D eigenvalue weighted by molar-refractivity contribution is 5.91. The van der Waals surface area contributed by atoms with Crippen LogP contribution in [-0.2, 0) is 38.2 Å². The summed E-state index contributed by atoms with van der Waals surface area (Å²) in [5.74, 6) is -5.29. The van der Waals surface area contributed by atoms with Crippen molar-refractivity contribution in [3.8, 4) is 0 Å². The fourth-order valence-corrected chi connectivity index (χ4v) is 1.60. The maximum absolute atomic E-state index is 11.6. The molecule has 0 radical (unpaired) electrons. The van der Waals surface area contributed by atoms with E-state index in [-0.39, 0.29) is 6.42 Å². The minimum atomic E-state index is -1.36. The number of carboxylic acid groups (broad SMARTS) is 2. The van der Waals surface area contributed by atoms with Gasteiger partial charge in [0.2, 0.25) is 0 Å². The number of ether oxygens (including phenoxy) is 3. The molecule has 0 rings (SSSR count). The first-order valence-corrected chi connectivity index (χ1v) is 8.09. The molecule has 0 aromatic carbocycles. The fourth-order valence-electron chi connectivity index (χ4n) is 1.60. The topological polar surface area (TPSA) is 154 Å². The molecule has 0 aromatic rings. The number of unbranched alkanes of at least 4 members (excludes halogenated alkanes) is 2. The van der Waals surface area contributed by atoms with Gasteiger partial charge in [-0.3, -0.25) is 4.79 Å². The summed E-state index contributed by atoms with van der Waals surface area (Å²) < 4.78 is 14.5. The molecule has 0 amide bonds. The second kappa shape index (κ2) is 14.0. The predicted molar refractivity (Wildman–Crippen MR) is 89.5 cm³/mol. The van der Waals surface area contributed by atoms with Gasteiger partial charge in [0.05, 0.1) is 0 Å². The Hall–Kier alpha value is -3.17. The van der Waals surface area contributed by atoms with Crippen LogP contribution in [0.4, 0.5) is 0 Å². The third-order valence-corrected chi connectivity index (χ3v) is 2.83. The van der Waals surface area contributed by atoms with Gasteiger partial charge < -0.3 is 24.4 Å². The van der Waals surface area contributed by atoms with E-state index in [1.165, 1.54) is 0 Å². The van der Waals surface area contributed by atoms with Gasteiger partial charge in [0, 0.05) is 30.7 Å². The standard InChI is InChI=1S/C17H22O10/c1-2-3-4-5-15(22)25-10-12(27-17(24)9-7-14(20)21)11-26-16(23)8-6-13(18)19/h6-9,12H,2-5,10-11H2,1H3,(H,18,19)(H,20,21). The van der Waals surface area contributed by atoms with Gasteiger partial charge in [0.25, 0.3) is 0 Å². The summed E-state index contributed by atoms with van der Waals surface area (Å²) in [4.78, 5) is 55.2. The Morgan fingerprint density at radius 1 is 0.815 bits per heavy atom. The maximum atomic E-state index is 11.6. The first-order chi connectivity index (χ1) is 12.7. The van der Waals surface area contributed by atoms with Crippen LogP contribution in [0.2, 0.25) is 0 Å². The van der Waals surface area contributed by atoms with Crippen molar-refractivity contribution in [2.75, 3.05) is 13.2 Å². The molecule has 0 aliphatic heterocycles. The molecule has 0 aliphatic carbocycles. The van der Waals surface area contributed by atoms with Crippen molar-refractivity contribution >= 4 is 29.8 Å². The molecule has 1 unspecified atom stereocenters. The quantitative estimate of drug-likeness (QED) is 0.201. The molecule has 0 heterocycles. The SMILES string of the molecule is CCCCCC(=O)OCC(COC(=O)C=CC(=O)O)OC(=O)C=CC(=O)O. The maximum Gasteiger partial charge on any atom is 0.331 e. The average molecular weight is 386 g/mol. The third kappa shape index (κ3) is 14.8. The molecular formula is C17H22O10. The van der Waals surface area contributed by atoms with E-state index in [9.17, 15) is 24.0 Å². The van der Waals surface area contributed by atoms with Crippen LogP contribution < -0.4 is 0 Å². The highest BCUT2D eigenvalue weighted by Crippen LogP contribution is 2.03. The number of hydrogen-bond acceptors (Lipinski definition) is 8. The number of hydrogen-bond donors (Lipinski definition) is 2. The van der Waals surface area contributed by atoms with Crippen LogP contribution in [0.5, 0.6) is 0 Å². The molecule has 150 valence electrons. The number of carboxylic acids is 2. The lowest BCUT2D eigenvalue weighted by molar-refractivity contribution is -0.162. The summed E-state index contributed by atoms with van der Waals surface area (Å²) in [6.45, 7) is 1.05. The van der Waals surface area contributed by atoms with Gasteiger partial charge in [-0.05, 0) is 6.42 Å². The predicted octanol–water partition coefficient (Wildman–Crippen LogP) is 0.847. The Kier molecular flexibility index (Phi) is 12.4. The van der Waals surface area contributed by atoms with Crippen molar-refractivity contribution in [1.82, 2.24) is 0 Å². The summed E-state index contributed by atoms with van der Waals surface area (Å²) in [5, 5.41) is 16.9. The van der Waals surface area contributed by atoms with Crippen LogP contribution in [0.3, 0.4) is 0 Å². The number of aliphatic carboxylic acids is 2. The van der Waals surface area contributed by atoms with E-state index >= 15 is 0 Å². The summed E-state index contributed by atoms with van der Waals surface area (Å²) in [5.41, 5.74) is 0. The van der Waals surface area contributed by atoms with Crippen LogP contribution >= 0.6 is 0 Å². The normalized spacial score (nSPS) is 11.9. The van der Waals surface area contributed by atoms with Gasteiger partial charge >= 0.3 is 29.8 Å². The van der Waals surface area contributed by atoms with Gasteiger partial charge in [-0.25, -0.2) is 19.2 Å². The van der Waals surface area contributed by atoms with Gasteiger partial charge in [0.1, 0.15) is 13.2 Å². The van der Waals surface area contributed by atoms with Crippen LogP contribution in [0.1, 0.15) is 32.6 Å². The summed E-state index contributed by atoms with van der Waals surface area (Å²) >= 11 is 0. The molecule has 27 heavy (non-hydrogen) atoms. The number of carbonyl (C=O) groups excluding carboxylic acids is 3. The van der Waals surface area contributed by atoms with Crippen molar-refractivity contribution < 1.29 is 48.4 Å². The summed E-state index contributed by atoms with van der Waals surface area (Å²) in [7, 11) is 0. The first kappa shape index (κ1) is 23.8. The minimum Gasteiger partial charge on any atom is -0.478 e. The average Bonchev–Trinajstić information content (AvgIpc) is 2.60. The number of carbonyl (C=O) groups is 5. The molecule has 10 nitrogen and oxygen atoms in total. The molecule has 0 saturated carbocycles. The lowest BCUT2D eigenvalue weighted by atomic mass is 10.2. The Balaban J connectivity index is 4.66. The van der Waals surface area contributed by atoms with Crippen LogP contribution in [0, 0.1) is 0 Å². The molecule has 0 aliphatic rings. The summed E-state index contributed by atoms with van der Waals surface area (Å²) in [6.07, 6.45) is 3.81. The molecule has 2 N–H and O–H groups in total. The summed E-state index contributed by atoms with van der Waals surface area (Å²) in [6, 6.07) is 0. The third-order valence-electron chi connectivity index (χ3n) is 2.83. The van der Waals surface area contributed by atoms with Crippen molar-refractivity contribution in [2.45, 2.75) is 38.7 Å². The van der Waals surface area contributed by atoms with E-state index in [1.807, 2.05) is 6.92 Å². The lowest BCUT2D eigenvalue weighted by Gasteiger charge is -2.16. The van der Waals surface area contributed by atoms with E-state index in [0.29, 0.717) is 30.7 Å². The molecule has 0 spiro atoms. The van der Waals surface area contributed by atoms with Crippen molar-refractivity contribution in [3.63, 3.8) is 0 Å². The molecule has 0 saturated heterocycles.